The first-order valence-corrected chi connectivity index (χ1v) is 9.44. The first-order valence-electron chi connectivity index (χ1n) is 7.67. The molecule has 8 heteroatoms. The van der Waals surface area contributed by atoms with Gasteiger partial charge in [-0.15, -0.1) is 12.4 Å². The molecular weight excluding hydrogens is 369 g/mol. The van der Waals surface area contributed by atoms with Crippen LogP contribution in [0.1, 0.15) is 16.8 Å². The number of nitrogens with zero attached hydrogens (tertiary/aromatic N) is 1. The summed E-state index contributed by atoms with van der Waals surface area (Å²) >= 11 is 7.73. The molecule has 24 heavy (non-hydrogen) atoms. The lowest BCUT2D eigenvalue weighted by molar-refractivity contribution is -0.133. The Kier molecular flexibility index (Phi) is 9.51. The van der Waals surface area contributed by atoms with Gasteiger partial charge in [-0.2, -0.15) is 11.8 Å². The summed E-state index contributed by atoms with van der Waals surface area (Å²) < 4.78 is 0. The van der Waals surface area contributed by atoms with Crippen LogP contribution in [0.5, 0.6) is 0 Å². The predicted molar refractivity (Wildman–Crippen MR) is 102 cm³/mol. The fourth-order valence-electron chi connectivity index (χ4n) is 2.48. The quantitative estimate of drug-likeness (QED) is 0.778. The third-order valence-electron chi connectivity index (χ3n) is 3.76. The number of thioether (sulfide) groups is 1. The second-order valence-corrected chi connectivity index (χ2v) is 6.76. The Labute approximate surface area is 158 Å². The van der Waals surface area contributed by atoms with Gasteiger partial charge in [-0.05, 0) is 30.6 Å². The van der Waals surface area contributed by atoms with Crippen LogP contribution in [0, 0.1) is 0 Å². The average Bonchev–Trinajstić information content (AvgIpc) is 2.59. The first-order chi connectivity index (χ1) is 11.1. The van der Waals surface area contributed by atoms with Crippen molar-refractivity contribution in [2.45, 2.75) is 12.5 Å². The Morgan fingerprint density at radius 1 is 1.33 bits per heavy atom. The van der Waals surface area contributed by atoms with E-state index in [1.807, 2.05) is 11.2 Å². The van der Waals surface area contributed by atoms with Gasteiger partial charge < -0.3 is 15.5 Å². The van der Waals surface area contributed by atoms with E-state index < -0.39 is 6.04 Å². The van der Waals surface area contributed by atoms with Crippen molar-refractivity contribution in [2.75, 3.05) is 38.2 Å². The smallest absolute Gasteiger partial charge is 0.253 e. The lowest BCUT2D eigenvalue weighted by Gasteiger charge is -2.31. The van der Waals surface area contributed by atoms with Crippen molar-refractivity contribution in [1.29, 1.82) is 0 Å². The van der Waals surface area contributed by atoms with Crippen molar-refractivity contribution < 1.29 is 9.59 Å². The van der Waals surface area contributed by atoms with Gasteiger partial charge in [-0.1, -0.05) is 23.7 Å². The summed E-state index contributed by atoms with van der Waals surface area (Å²) in [5, 5.41) is 6.47. The third kappa shape index (κ3) is 5.84. The van der Waals surface area contributed by atoms with Crippen LogP contribution < -0.4 is 10.6 Å². The molecule has 0 spiro atoms. The molecule has 1 atom stereocenters. The molecule has 2 amide bonds. The van der Waals surface area contributed by atoms with Gasteiger partial charge in [0.2, 0.25) is 5.91 Å². The highest BCUT2D eigenvalue weighted by Gasteiger charge is 2.27. The molecule has 1 aromatic rings. The van der Waals surface area contributed by atoms with Gasteiger partial charge in [-0.3, -0.25) is 9.59 Å². The van der Waals surface area contributed by atoms with Crippen molar-refractivity contribution in [3.8, 4) is 0 Å². The summed E-state index contributed by atoms with van der Waals surface area (Å²) in [5.41, 5.74) is 0.399. The zero-order valence-corrected chi connectivity index (χ0v) is 16.0. The van der Waals surface area contributed by atoms with Crippen molar-refractivity contribution in [1.82, 2.24) is 15.5 Å². The molecule has 2 N–H and O–H groups in total. The van der Waals surface area contributed by atoms with Gasteiger partial charge in [0.05, 0.1) is 10.6 Å². The zero-order chi connectivity index (χ0) is 16.7. The summed E-state index contributed by atoms with van der Waals surface area (Å²) in [5.74, 6) is 0.497. The second-order valence-electron chi connectivity index (χ2n) is 5.36. The summed E-state index contributed by atoms with van der Waals surface area (Å²) in [4.78, 5) is 27.0. The van der Waals surface area contributed by atoms with Crippen LogP contribution >= 0.6 is 35.8 Å². The fraction of sp³-hybridized carbons (Fsp3) is 0.500. The standard InChI is InChI=1S/C16H22ClN3O2S.ClH/c1-23-11-6-14(16(22)20-9-7-18-8-10-20)19-15(21)12-4-2-3-5-13(12)17;/h2-5,14,18H,6-11H2,1H3,(H,19,21);1H. The molecule has 0 radical (unpaired) electrons. The zero-order valence-electron chi connectivity index (χ0n) is 13.6. The first kappa shape index (κ1) is 21.1. The number of nitrogens with one attached hydrogen (secondary N) is 2. The molecule has 0 bridgehead atoms. The number of carbonyl (C=O) groups is 2. The highest BCUT2D eigenvalue weighted by Crippen LogP contribution is 2.15. The minimum Gasteiger partial charge on any atom is -0.340 e. The predicted octanol–water partition coefficient (Wildman–Crippen LogP) is 2.05. The number of amides is 2. The van der Waals surface area contributed by atoms with Crippen LogP contribution in [0.3, 0.4) is 0 Å². The maximum absolute atomic E-state index is 12.7. The highest BCUT2D eigenvalue weighted by molar-refractivity contribution is 7.98. The summed E-state index contributed by atoms with van der Waals surface area (Å²) in [6, 6.07) is 6.36. The van der Waals surface area contributed by atoms with E-state index >= 15 is 0 Å². The van der Waals surface area contributed by atoms with Gasteiger partial charge >= 0.3 is 0 Å². The van der Waals surface area contributed by atoms with E-state index in [0.29, 0.717) is 30.1 Å². The van der Waals surface area contributed by atoms with E-state index in [-0.39, 0.29) is 24.2 Å². The van der Waals surface area contributed by atoms with E-state index in [1.165, 1.54) is 0 Å². The number of halogens is 2. The Balaban J connectivity index is 0.00000288. The molecular formula is C16H23Cl2N3O2S. The van der Waals surface area contributed by atoms with Gasteiger partial charge in [0.25, 0.3) is 5.91 Å². The molecule has 1 aromatic carbocycles. The molecule has 1 aliphatic heterocycles. The summed E-state index contributed by atoms with van der Waals surface area (Å²) in [6.45, 7) is 2.94. The van der Waals surface area contributed by atoms with E-state index in [2.05, 4.69) is 10.6 Å². The van der Waals surface area contributed by atoms with Gasteiger partial charge in [0, 0.05) is 26.2 Å². The van der Waals surface area contributed by atoms with E-state index in [0.717, 1.165) is 18.8 Å². The van der Waals surface area contributed by atoms with Crippen molar-refractivity contribution in [3.63, 3.8) is 0 Å². The van der Waals surface area contributed by atoms with Crippen LogP contribution in [0.25, 0.3) is 0 Å². The number of rotatable bonds is 6. The molecule has 1 fully saturated rings. The lowest BCUT2D eigenvalue weighted by Crippen LogP contribution is -2.54. The Morgan fingerprint density at radius 3 is 2.62 bits per heavy atom. The number of benzene rings is 1. The lowest BCUT2D eigenvalue weighted by atomic mass is 10.1. The van der Waals surface area contributed by atoms with Crippen LogP contribution in [-0.4, -0.2) is 60.9 Å². The van der Waals surface area contributed by atoms with Crippen LogP contribution in [0.2, 0.25) is 5.02 Å². The van der Waals surface area contributed by atoms with Crippen molar-refractivity contribution in [2.24, 2.45) is 0 Å². The molecule has 2 rings (SSSR count). The van der Waals surface area contributed by atoms with E-state index in [9.17, 15) is 9.59 Å². The topological polar surface area (TPSA) is 61.4 Å². The number of piperazine rings is 1. The Morgan fingerprint density at radius 2 is 2.00 bits per heavy atom. The molecule has 0 saturated carbocycles. The summed E-state index contributed by atoms with van der Waals surface area (Å²) in [6.07, 6.45) is 2.60. The van der Waals surface area contributed by atoms with Gasteiger partial charge in [-0.25, -0.2) is 0 Å². The van der Waals surface area contributed by atoms with Gasteiger partial charge in [0.15, 0.2) is 0 Å². The maximum atomic E-state index is 12.7. The number of carbonyl (C=O) groups excluding carboxylic acids is 2. The average molecular weight is 392 g/mol. The fourth-order valence-corrected chi connectivity index (χ4v) is 3.17. The SMILES string of the molecule is CSCCC(NC(=O)c1ccccc1Cl)C(=O)N1CCNCC1.Cl. The van der Waals surface area contributed by atoms with Crippen LogP contribution in [0.4, 0.5) is 0 Å². The minimum atomic E-state index is -0.510. The van der Waals surface area contributed by atoms with Crippen LogP contribution in [0.15, 0.2) is 24.3 Å². The number of hydrogen-bond acceptors (Lipinski definition) is 4. The maximum Gasteiger partial charge on any atom is 0.253 e. The van der Waals surface area contributed by atoms with Crippen molar-refractivity contribution in [3.05, 3.63) is 34.9 Å². The number of hydrogen-bond donors (Lipinski definition) is 2. The largest absolute Gasteiger partial charge is 0.340 e. The molecule has 5 nitrogen and oxygen atoms in total. The third-order valence-corrected chi connectivity index (χ3v) is 4.73. The Bertz CT molecular complexity index is 554. The Hall–Kier alpha value is -0.950. The monoisotopic (exact) mass is 391 g/mol. The van der Waals surface area contributed by atoms with Crippen molar-refractivity contribution >= 4 is 47.6 Å². The molecule has 0 aliphatic carbocycles. The molecule has 0 aromatic heterocycles. The van der Waals surface area contributed by atoms with Gasteiger partial charge in [0.1, 0.15) is 6.04 Å². The molecule has 1 aliphatic rings. The van der Waals surface area contributed by atoms with E-state index in [4.69, 9.17) is 11.6 Å². The normalized spacial score (nSPS) is 15.3. The summed E-state index contributed by atoms with van der Waals surface area (Å²) in [7, 11) is 0. The molecule has 134 valence electrons. The molecule has 1 saturated heterocycles. The molecule has 1 unspecified atom stereocenters. The van der Waals surface area contributed by atoms with Crippen LogP contribution in [-0.2, 0) is 4.79 Å². The minimum absolute atomic E-state index is 0. The molecule has 1 heterocycles. The highest BCUT2D eigenvalue weighted by atomic mass is 35.5. The van der Waals surface area contributed by atoms with E-state index in [1.54, 1.807) is 36.0 Å². The second kappa shape index (κ2) is 10.8.